The molecule has 1 aliphatic carbocycles. The predicted molar refractivity (Wildman–Crippen MR) is 136 cm³/mol. The highest BCUT2D eigenvalue weighted by Crippen LogP contribution is 2.23. The van der Waals surface area contributed by atoms with E-state index in [1.807, 2.05) is 24.3 Å². The maximum absolute atomic E-state index is 12.1. The molecule has 0 saturated heterocycles. The van der Waals surface area contributed by atoms with E-state index in [0.717, 1.165) is 24.6 Å². The van der Waals surface area contributed by atoms with Crippen LogP contribution in [0.1, 0.15) is 59.2 Å². The topological polar surface area (TPSA) is 60.0 Å². The van der Waals surface area contributed by atoms with Crippen molar-refractivity contribution in [3.05, 3.63) is 70.8 Å². The molecule has 1 aliphatic rings. The van der Waals surface area contributed by atoms with Gasteiger partial charge in [-0.25, -0.2) is 0 Å². The molecule has 6 nitrogen and oxygen atoms in total. The zero-order valence-corrected chi connectivity index (χ0v) is 20.6. The SMILES string of the molecule is CN=C(NCc1ccc(C(=O)N(C)C)cc1)NCc1ccccc1CN(C)C1CCCCC1. The van der Waals surface area contributed by atoms with Crippen LogP contribution in [0.2, 0.25) is 0 Å². The highest BCUT2D eigenvalue weighted by Gasteiger charge is 2.18. The first-order valence-electron chi connectivity index (χ1n) is 12.0. The first-order valence-corrected chi connectivity index (χ1v) is 12.0. The minimum atomic E-state index is 0.0137. The smallest absolute Gasteiger partial charge is 0.253 e. The Kier molecular flexibility index (Phi) is 9.31. The van der Waals surface area contributed by atoms with Crippen LogP contribution in [0.25, 0.3) is 0 Å². The molecular formula is C27H39N5O. The Balaban J connectivity index is 1.53. The van der Waals surface area contributed by atoms with E-state index in [1.165, 1.54) is 43.2 Å². The standard InChI is InChI=1S/C27H39N5O/c1-28-27(29-18-21-14-16-22(17-15-21)26(33)31(2)3)30-19-23-10-8-9-11-24(23)20-32(4)25-12-6-5-7-13-25/h8-11,14-17,25H,5-7,12-13,18-20H2,1-4H3,(H2,28,29,30). The highest BCUT2D eigenvalue weighted by molar-refractivity contribution is 5.93. The summed E-state index contributed by atoms with van der Waals surface area (Å²) in [6, 6.07) is 17.1. The van der Waals surface area contributed by atoms with Gasteiger partial charge >= 0.3 is 0 Å². The number of rotatable bonds is 8. The Morgan fingerprint density at radius 1 is 0.909 bits per heavy atom. The number of amides is 1. The Labute approximate surface area is 199 Å². The summed E-state index contributed by atoms with van der Waals surface area (Å²) in [5.74, 6) is 0.777. The monoisotopic (exact) mass is 449 g/mol. The van der Waals surface area contributed by atoms with Gasteiger partial charge in [0, 0.05) is 52.4 Å². The van der Waals surface area contributed by atoms with Crippen molar-refractivity contribution in [3.8, 4) is 0 Å². The Morgan fingerprint density at radius 2 is 1.55 bits per heavy atom. The molecule has 6 heteroatoms. The van der Waals surface area contributed by atoms with Gasteiger partial charge in [0.05, 0.1) is 0 Å². The number of benzene rings is 2. The third-order valence-corrected chi connectivity index (χ3v) is 6.47. The molecule has 0 aliphatic heterocycles. The Hall–Kier alpha value is -2.86. The molecule has 2 N–H and O–H groups in total. The molecule has 2 aromatic rings. The molecule has 0 aromatic heterocycles. The van der Waals surface area contributed by atoms with Crippen LogP contribution in [0.4, 0.5) is 0 Å². The fraction of sp³-hybridized carbons (Fsp3) is 0.481. The maximum Gasteiger partial charge on any atom is 0.253 e. The summed E-state index contributed by atoms with van der Waals surface area (Å²) < 4.78 is 0. The lowest BCUT2D eigenvalue weighted by atomic mass is 9.94. The lowest BCUT2D eigenvalue weighted by molar-refractivity contribution is 0.0827. The molecule has 0 unspecified atom stereocenters. The van der Waals surface area contributed by atoms with E-state index in [2.05, 4.69) is 51.8 Å². The number of aliphatic imine (C=N–C) groups is 1. The summed E-state index contributed by atoms with van der Waals surface area (Å²) >= 11 is 0. The van der Waals surface area contributed by atoms with E-state index in [9.17, 15) is 4.79 Å². The second-order valence-electron chi connectivity index (χ2n) is 9.15. The minimum absolute atomic E-state index is 0.0137. The van der Waals surface area contributed by atoms with Crippen LogP contribution >= 0.6 is 0 Å². The highest BCUT2D eigenvalue weighted by atomic mass is 16.2. The van der Waals surface area contributed by atoms with Crippen molar-refractivity contribution in [1.29, 1.82) is 0 Å². The fourth-order valence-corrected chi connectivity index (χ4v) is 4.41. The number of nitrogens with zero attached hydrogens (tertiary/aromatic N) is 3. The van der Waals surface area contributed by atoms with Gasteiger partial charge in [0.2, 0.25) is 0 Å². The van der Waals surface area contributed by atoms with Gasteiger partial charge in [0.1, 0.15) is 0 Å². The second-order valence-corrected chi connectivity index (χ2v) is 9.15. The molecule has 1 amide bonds. The van der Waals surface area contributed by atoms with Crippen molar-refractivity contribution in [2.24, 2.45) is 4.99 Å². The van der Waals surface area contributed by atoms with Crippen LogP contribution in [-0.4, -0.2) is 55.9 Å². The molecule has 0 atom stereocenters. The van der Waals surface area contributed by atoms with Crippen molar-refractivity contribution in [3.63, 3.8) is 0 Å². The van der Waals surface area contributed by atoms with E-state index in [-0.39, 0.29) is 5.91 Å². The van der Waals surface area contributed by atoms with Gasteiger partial charge in [-0.1, -0.05) is 55.7 Å². The normalized spacial score (nSPS) is 14.9. The number of hydrogen-bond donors (Lipinski definition) is 2. The molecule has 0 heterocycles. The average molecular weight is 450 g/mol. The van der Waals surface area contributed by atoms with Gasteiger partial charge in [-0.3, -0.25) is 14.7 Å². The summed E-state index contributed by atoms with van der Waals surface area (Å²) in [5.41, 5.74) is 4.47. The lowest BCUT2D eigenvalue weighted by Crippen LogP contribution is -2.37. The first-order chi connectivity index (χ1) is 16.0. The van der Waals surface area contributed by atoms with Crippen LogP contribution in [0.5, 0.6) is 0 Å². The molecule has 33 heavy (non-hydrogen) atoms. The Morgan fingerprint density at radius 3 is 2.18 bits per heavy atom. The summed E-state index contributed by atoms with van der Waals surface area (Å²) in [4.78, 5) is 20.5. The van der Waals surface area contributed by atoms with Gasteiger partial charge in [-0.2, -0.15) is 0 Å². The zero-order valence-electron chi connectivity index (χ0n) is 20.6. The molecule has 2 aromatic carbocycles. The minimum Gasteiger partial charge on any atom is -0.352 e. The van der Waals surface area contributed by atoms with Crippen LogP contribution in [-0.2, 0) is 19.6 Å². The Bertz CT molecular complexity index is 916. The average Bonchev–Trinajstić information content (AvgIpc) is 2.85. The molecular weight excluding hydrogens is 410 g/mol. The van der Waals surface area contributed by atoms with Crippen LogP contribution in [0, 0.1) is 0 Å². The van der Waals surface area contributed by atoms with Crippen LogP contribution in [0.3, 0.4) is 0 Å². The number of carbonyl (C=O) groups is 1. The predicted octanol–water partition coefficient (Wildman–Crippen LogP) is 4.02. The van der Waals surface area contributed by atoms with Crippen molar-refractivity contribution in [2.45, 2.75) is 57.8 Å². The van der Waals surface area contributed by atoms with Gasteiger partial charge in [-0.15, -0.1) is 0 Å². The summed E-state index contributed by atoms with van der Waals surface area (Å²) in [7, 11) is 7.58. The summed E-state index contributed by atoms with van der Waals surface area (Å²) in [6.07, 6.45) is 6.73. The van der Waals surface area contributed by atoms with E-state index >= 15 is 0 Å². The van der Waals surface area contributed by atoms with Crippen molar-refractivity contribution in [2.75, 3.05) is 28.2 Å². The number of hydrogen-bond acceptors (Lipinski definition) is 3. The van der Waals surface area contributed by atoms with Crippen molar-refractivity contribution in [1.82, 2.24) is 20.4 Å². The fourth-order valence-electron chi connectivity index (χ4n) is 4.41. The van der Waals surface area contributed by atoms with Crippen LogP contribution < -0.4 is 10.6 Å². The zero-order chi connectivity index (χ0) is 23.6. The first kappa shape index (κ1) is 24.8. The number of nitrogens with one attached hydrogen (secondary N) is 2. The van der Waals surface area contributed by atoms with Crippen LogP contribution in [0.15, 0.2) is 53.5 Å². The molecule has 3 rings (SSSR count). The van der Waals surface area contributed by atoms with E-state index in [0.29, 0.717) is 18.2 Å². The third kappa shape index (κ3) is 7.32. The van der Waals surface area contributed by atoms with Gasteiger partial charge < -0.3 is 15.5 Å². The quantitative estimate of drug-likeness (QED) is 0.472. The number of carbonyl (C=O) groups excluding carboxylic acids is 1. The molecule has 0 spiro atoms. The van der Waals surface area contributed by atoms with Gasteiger partial charge in [0.15, 0.2) is 5.96 Å². The third-order valence-electron chi connectivity index (χ3n) is 6.47. The van der Waals surface area contributed by atoms with E-state index < -0.39 is 0 Å². The van der Waals surface area contributed by atoms with E-state index in [1.54, 1.807) is 26.0 Å². The number of guanidine groups is 1. The maximum atomic E-state index is 12.1. The molecule has 1 saturated carbocycles. The molecule has 0 radical (unpaired) electrons. The molecule has 0 bridgehead atoms. The van der Waals surface area contributed by atoms with Gasteiger partial charge in [-0.05, 0) is 48.7 Å². The largest absolute Gasteiger partial charge is 0.352 e. The summed E-state index contributed by atoms with van der Waals surface area (Å²) in [6.45, 7) is 2.35. The summed E-state index contributed by atoms with van der Waals surface area (Å²) in [5, 5.41) is 6.83. The van der Waals surface area contributed by atoms with Crippen molar-refractivity contribution >= 4 is 11.9 Å². The molecule has 1 fully saturated rings. The molecule has 178 valence electrons. The second kappa shape index (κ2) is 12.4. The lowest BCUT2D eigenvalue weighted by Gasteiger charge is -2.31. The van der Waals surface area contributed by atoms with Crippen molar-refractivity contribution < 1.29 is 4.79 Å². The van der Waals surface area contributed by atoms with Gasteiger partial charge in [0.25, 0.3) is 5.91 Å². The van der Waals surface area contributed by atoms with E-state index in [4.69, 9.17) is 0 Å².